The smallest absolute Gasteiger partial charge is 0.267 e. The molecule has 9 rings (SSSR count). The molecule has 0 aliphatic carbocycles. The van der Waals surface area contributed by atoms with Crippen LogP contribution in [0, 0.1) is 18.5 Å². The normalized spacial score (nSPS) is 12.7. The van der Waals surface area contributed by atoms with E-state index < -0.39 is 0 Å². The number of nitrogens with zero attached hydrogens (tertiary/aromatic N) is 4. The molecular weight excluding hydrogens is 1010 g/mol. The van der Waals surface area contributed by atoms with Gasteiger partial charge < -0.3 is 13.9 Å². The van der Waals surface area contributed by atoms with E-state index in [1.165, 1.54) is 27.8 Å². The van der Waals surface area contributed by atoms with Gasteiger partial charge in [0.05, 0.1) is 11.4 Å². The minimum absolute atomic E-state index is 0. The molecule has 0 fully saturated rings. The van der Waals surface area contributed by atoms with Gasteiger partial charge in [0.1, 0.15) is 5.82 Å². The third-order valence-corrected chi connectivity index (χ3v) is 13.7. The molecule has 0 unspecified atom stereocenters. The number of hydrogen-bond acceptors (Lipinski definition) is 2. The Morgan fingerprint density at radius 3 is 1.75 bits per heavy atom. The first kappa shape index (κ1) is 48.4. The Balaban J connectivity index is 0.00000625. The van der Waals surface area contributed by atoms with E-state index in [0.29, 0.717) is 11.5 Å². The van der Waals surface area contributed by atoms with E-state index in [9.17, 15) is 0 Å². The quantitative estimate of drug-likeness (QED) is 0.107. The van der Waals surface area contributed by atoms with Crippen molar-refractivity contribution in [2.75, 3.05) is 0 Å². The maximum atomic E-state index is 7.00. The average molecular weight is 1080 g/mol. The Bertz CT molecular complexity index is 3260. The zero-order chi connectivity index (χ0) is 47.7. The number of benzene rings is 6. The number of ether oxygens (including phenoxy) is 1. The fraction of sp³-hybridized carbons (Fsp3) is 0.290. The van der Waals surface area contributed by atoms with Gasteiger partial charge in [0, 0.05) is 55.9 Å². The molecule has 0 aliphatic rings. The Kier molecular flexibility index (Phi) is 12.7. The molecule has 68 heavy (non-hydrogen) atoms. The molecule has 0 radical (unpaired) electrons. The van der Waals surface area contributed by atoms with Crippen molar-refractivity contribution < 1.29 is 30.4 Å². The zero-order valence-electron chi connectivity index (χ0n) is 41.9. The van der Waals surface area contributed by atoms with Crippen molar-refractivity contribution >= 4 is 21.8 Å². The number of pyridine rings is 1. The standard InChI is InChI=1S/C62H64N4O.Pt/c1-58(2,3)44-27-30-54-53(36-44)52-29-28-50(39-55(52)66(54)57-37-45(31-32-63-57)59(4,5)6)67-51-35-47(62(12,13)43-23-18-15-19-24-43)34-49(38-51)65-41-64(40-56(65)60(7,8)9)48-26-20-25-46(33-48)61(10,11)42-21-16-14-17-22-42;/h14-37,40H,1-13H3;/q-2;. The Morgan fingerprint density at radius 1 is 0.500 bits per heavy atom. The summed E-state index contributed by atoms with van der Waals surface area (Å²) < 4.78 is 13.5. The average Bonchev–Trinajstić information content (AvgIpc) is 3.90. The van der Waals surface area contributed by atoms with Crippen molar-refractivity contribution in [3.8, 4) is 28.7 Å². The minimum atomic E-state index is -0.375. The van der Waals surface area contributed by atoms with Gasteiger partial charge in [-0.2, -0.15) is 12.1 Å². The van der Waals surface area contributed by atoms with Crippen LogP contribution >= 0.6 is 0 Å². The van der Waals surface area contributed by atoms with E-state index in [2.05, 4.69) is 262 Å². The third kappa shape index (κ3) is 9.27. The number of rotatable bonds is 9. The van der Waals surface area contributed by atoms with Gasteiger partial charge in [-0.3, -0.25) is 4.57 Å². The minimum Gasteiger partial charge on any atom is -0.510 e. The number of aromatic nitrogens is 4. The predicted octanol–water partition coefficient (Wildman–Crippen LogP) is 15.0. The summed E-state index contributed by atoms with van der Waals surface area (Å²) in [6.07, 6.45) is 7.91. The molecule has 0 aliphatic heterocycles. The van der Waals surface area contributed by atoms with Crippen LogP contribution in [0.15, 0.2) is 152 Å². The van der Waals surface area contributed by atoms with Crippen LogP contribution in [0.2, 0.25) is 0 Å². The van der Waals surface area contributed by atoms with Crippen molar-refractivity contribution in [2.45, 2.75) is 117 Å². The van der Waals surface area contributed by atoms with E-state index in [4.69, 9.17) is 9.72 Å². The van der Waals surface area contributed by atoms with Crippen molar-refractivity contribution in [3.63, 3.8) is 0 Å². The second-order valence-electron chi connectivity index (χ2n) is 22.4. The second-order valence-corrected chi connectivity index (χ2v) is 22.4. The summed E-state index contributed by atoms with van der Waals surface area (Å²) in [5.41, 5.74) is 11.4. The molecule has 6 heteroatoms. The van der Waals surface area contributed by atoms with Gasteiger partial charge in [0.15, 0.2) is 0 Å². The number of fused-ring (bicyclic) bond motifs is 3. The van der Waals surface area contributed by atoms with Crippen LogP contribution in [-0.4, -0.2) is 14.1 Å². The van der Waals surface area contributed by atoms with Crippen LogP contribution in [0.25, 0.3) is 39.0 Å². The van der Waals surface area contributed by atoms with Gasteiger partial charge in [-0.25, -0.2) is 4.98 Å². The second kappa shape index (κ2) is 17.8. The summed E-state index contributed by atoms with van der Waals surface area (Å²) in [5, 5.41) is 2.26. The summed E-state index contributed by atoms with van der Waals surface area (Å²) in [4.78, 5) is 4.96. The number of imidazole rings is 1. The van der Waals surface area contributed by atoms with E-state index in [-0.39, 0.29) is 48.1 Å². The van der Waals surface area contributed by atoms with Gasteiger partial charge in [-0.05, 0) is 90.9 Å². The van der Waals surface area contributed by atoms with Crippen LogP contribution in [0.5, 0.6) is 11.5 Å². The zero-order valence-corrected chi connectivity index (χ0v) is 44.2. The van der Waals surface area contributed by atoms with Crippen LogP contribution in [0.4, 0.5) is 0 Å². The molecule has 3 aromatic heterocycles. The molecule has 6 aromatic carbocycles. The molecule has 0 amide bonds. The maximum absolute atomic E-state index is 7.00. The molecule has 0 saturated heterocycles. The van der Waals surface area contributed by atoms with Crippen LogP contribution in [0.1, 0.15) is 129 Å². The molecule has 0 atom stereocenters. The SMILES string of the molecule is CC(C)(C)c1ccnc(-n2c3[c-]c(Oc4[c-]c(-n5[c-][n+](-c6cccc(C(C)(C)c7ccccc7)c6)cc5C(C)(C)C)cc(C(C)(C)c5ccccc5)c4)ccc3c3cc(C(C)(C)C)ccc32)c1.[Pt]. The first-order valence-corrected chi connectivity index (χ1v) is 23.6. The van der Waals surface area contributed by atoms with Gasteiger partial charge in [-0.15, -0.1) is 35.2 Å². The fourth-order valence-electron chi connectivity index (χ4n) is 9.18. The monoisotopic (exact) mass is 1080 g/mol. The third-order valence-electron chi connectivity index (χ3n) is 13.7. The molecule has 9 aromatic rings. The van der Waals surface area contributed by atoms with Gasteiger partial charge in [-0.1, -0.05) is 180 Å². The Hall–Kier alpha value is -6.03. The Labute approximate surface area is 419 Å². The molecule has 5 nitrogen and oxygen atoms in total. The van der Waals surface area contributed by atoms with Crippen molar-refractivity contribution in [1.29, 1.82) is 0 Å². The Morgan fingerprint density at radius 2 is 1.12 bits per heavy atom. The summed E-state index contributed by atoms with van der Waals surface area (Å²) >= 11 is 0. The topological polar surface area (TPSA) is 35.9 Å². The van der Waals surface area contributed by atoms with E-state index in [0.717, 1.165) is 50.3 Å². The van der Waals surface area contributed by atoms with E-state index in [1.54, 1.807) is 0 Å². The van der Waals surface area contributed by atoms with E-state index >= 15 is 0 Å². The van der Waals surface area contributed by atoms with E-state index in [1.807, 2.05) is 12.3 Å². The van der Waals surface area contributed by atoms with Gasteiger partial charge >= 0.3 is 0 Å². The van der Waals surface area contributed by atoms with Crippen molar-refractivity contribution in [1.82, 2.24) is 14.1 Å². The van der Waals surface area contributed by atoms with Gasteiger partial charge in [0.2, 0.25) is 0 Å². The van der Waals surface area contributed by atoms with Crippen LogP contribution in [-0.2, 0) is 48.1 Å². The fourth-order valence-corrected chi connectivity index (χ4v) is 9.18. The first-order valence-electron chi connectivity index (χ1n) is 23.6. The summed E-state index contributed by atoms with van der Waals surface area (Å²) in [6.45, 7) is 29.4. The maximum Gasteiger partial charge on any atom is 0.267 e. The first-order chi connectivity index (χ1) is 31.6. The molecule has 0 bridgehead atoms. The predicted molar refractivity (Wildman–Crippen MR) is 276 cm³/mol. The molecule has 0 saturated carbocycles. The van der Waals surface area contributed by atoms with Crippen LogP contribution < -0.4 is 9.30 Å². The number of hydrogen-bond donors (Lipinski definition) is 0. The summed E-state index contributed by atoms with van der Waals surface area (Å²) in [6, 6.07) is 57.5. The molecular formula is C62H64N4OPt-2. The molecule has 0 N–H and O–H groups in total. The molecule has 3 heterocycles. The van der Waals surface area contributed by atoms with Crippen molar-refractivity contribution in [3.05, 3.63) is 209 Å². The summed E-state index contributed by atoms with van der Waals surface area (Å²) in [5.74, 6) is 2.04. The largest absolute Gasteiger partial charge is 0.510 e. The molecule has 0 spiro atoms. The van der Waals surface area contributed by atoms with Crippen molar-refractivity contribution in [2.24, 2.45) is 0 Å². The van der Waals surface area contributed by atoms with Gasteiger partial charge in [0.25, 0.3) is 6.33 Å². The summed E-state index contributed by atoms with van der Waals surface area (Å²) in [7, 11) is 0. The van der Waals surface area contributed by atoms with Crippen LogP contribution in [0.3, 0.4) is 0 Å². The molecule has 350 valence electrons.